The molecule has 5 heteroatoms. The lowest BCUT2D eigenvalue weighted by Gasteiger charge is -2.18. The van der Waals surface area contributed by atoms with Crippen molar-refractivity contribution in [2.24, 2.45) is 0 Å². The molecule has 0 radical (unpaired) electrons. The highest BCUT2D eigenvalue weighted by Gasteiger charge is 2.20. The van der Waals surface area contributed by atoms with Crippen molar-refractivity contribution in [2.75, 3.05) is 6.61 Å². The van der Waals surface area contributed by atoms with E-state index in [1.165, 1.54) is 32.1 Å². The van der Waals surface area contributed by atoms with Crippen LogP contribution < -0.4 is 9.47 Å². The fourth-order valence-electron chi connectivity index (χ4n) is 5.21. The van der Waals surface area contributed by atoms with Gasteiger partial charge < -0.3 is 14.2 Å². The third-order valence-corrected chi connectivity index (χ3v) is 8.17. The van der Waals surface area contributed by atoms with Crippen LogP contribution in [0.25, 0.3) is 21.9 Å². The summed E-state index contributed by atoms with van der Waals surface area (Å²) in [7, 11) is 0. The van der Waals surface area contributed by atoms with Crippen LogP contribution in [0.2, 0.25) is 0 Å². The van der Waals surface area contributed by atoms with Gasteiger partial charge in [0.05, 0.1) is 18.1 Å². The number of benzene rings is 4. The van der Waals surface area contributed by atoms with E-state index < -0.39 is 5.97 Å². The van der Waals surface area contributed by atoms with E-state index in [-0.39, 0.29) is 18.0 Å². The molecule has 0 amide bonds. The van der Waals surface area contributed by atoms with E-state index >= 15 is 0 Å². The van der Waals surface area contributed by atoms with Crippen molar-refractivity contribution in [2.45, 2.75) is 91.1 Å². The minimum atomic E-state index is -0.413. The predicted octanol–water partition coefficient (Wildman–Crippen LogP) is 10.3. The van der Waals surface area contributed by atoms with Crippen LogP contribution in [0.3, 0.4) is 0 Å². The smallest absolute Gasteiger partial charge is 0.343 e. The van der Waals surface area contributed by atoms with E-state index in [0.29, 0.717) is 11.3 Å². The number of carbonyl (C=O) groups is 2. The second-order valence-electron chi connectivity index (χ2n) is 11.5. The molecular formula is C39H46O5. The topological polar surface area (TPSA) is 61.8 Å². The summed E-state index contributed by atoms with van der Waals surface area (Å²) in [5.74, 6) is 0.366. The molecule has 0 aliphatic heterocycles. The molecule has 0 saturated heterocycles. The molecule has 0 heterocycles. The van der Waals surface area contributed by atoms with Gasteiger partial charge in [0.1, 0.15) is 17.6 Å². The summed E-state index contributed by atoms with van der Waals surface area (Å²) < 4.78 is 17.2. The van der Waals surface area contributed by atoms with E-state index in [2.05, 4.69) is 6.92 Å². The third kappa shape index (κ3) is 9.19. The monoisotopic (exact) mass is 594 g/mol. The average molecular weight is 595 g/mol. The highest BCUT2D eigenvalue weighted by atomic mass is 16.5. The molecule has 0 aliphatic rings. The molecular weight excluding hydrogens is 548 g/mol. The maximum absolute atomic E-state index is 12.9. The Labute approximate surface area is 262 Å². The summed E-state index contributed by atoms with van der Waals surface area (Å²) in [5.41, 5.74) is 3.45. The Morgan fingerprint density at radius 1 is 0.659 bits per heavy atom. The number of esters is 2. The molecule has 4 rings (SSSR count). The van der Waals surface area contributed by atoms with Crippen LogP contribution in [0.5, 0.6) is 11.5 Å². The van der Waals surface area contributed by atoms with E-state index in [9.17, 15) is 9.59 Å². The standard InChI is InChI=1S/C39H46O5/c1-5-8-9-10-11-12-25-42-36-22-19-30(20-23-36)29-13-15-31(16-14-29)39(41)44-37-24-21-33-26-32(17-18-34(33)27-37)28(4)38(40)43-35(6-2)7-3/h13-24,26-28,35H,5-12,25H2,1-4H3/t28-/m0/s1. The largest absolute Gasteiger partial charge is 0.494 e. The number of carbonyl (C=O) groups excluding carboxylic acids is 2. The van der Waals surface area contributed by atoms with Gasteiger partial charge in [0.15, 0.2) is 0 Å². The third-order valence-electron chi connectivity index (χ3n) is 8.17. The number of rotatable bonds is 16. The number of unbranched alkanes of at least 4 members (excludes halogenated alkanes) is 5. The van der Waals surface area contributed by atoms with Crippen molar-refractivity contribution in [1.82, 2.24) is 0 Å². The van der Waals surface area contributed by atoms with Gasteiger partial charge in [0.2, 0.25) is 0 Å². The van der Waals surface area contributed by atoms with Crippen molar-refractivity contribution < 1.29 is 23.8 Å². The molecule has 0 fully saturated rings. The minimum Gasteiger partial charge on any atom is -0.494 e. The fraction of sp³-hybridized carbons (Fsp3) is 0.385. The van der Waals surface area contributed by atoms with Crippen molar-refractivity contribution >= 4 is 22.7 Å². The zero-order valence-electron chi connectivity index (χ0n) is 26.6. The van der Waals surface area contributed by atoms with Gasteiger partial charge in [-0.2, -0.15) is 0 Å². The lowest BCUT2D eigenvalue weighted by atomic mass is 9.97. The summed E-state index contributed by atoms with van der Waals surface area (Å²) in [6.45, 7) is 8.89. The van der Waals surface area contributed by atoms with Gasteiger partial charge in [0.25, 0.3) is 0 Å². The first kappa shape index (κ1) is 32.8. The van der Waals surface area contributed by atoms with Crippen LogP contribution in [0, 0.1) is 0 Å². The highest BCUT2D eigenvalue weighted by Crippen LogP contribution is 2.28. The molecule has 0 unspecified atom stereocenters. The second-order valence-corrected chi connectivity index (χ2v) is 11.5. The Balaban J connectivity index is 1.31. The zero-order chi connectivity index (χ0) is 31.3. The molecule has 0 aliphatic carbocycles. The quantitative estimate of drug-likeness (QED) is 0.0734. The summed E-state index contributed by atoms with van der Waals surface area (Å²) in [6, 6.07) is 26.9. The number of ether oxygens (including phenoxy) is 3. The zero-order valence-corrected chi connectivity index (χ0v) is 26.6. The molecule has 5 nitrogen and oxygen atoms in total. The lowest BCUT2D eigenvalue weighted by molar-refractivity contribution is -0.150. The Hall–Kier alpha value is -4.12. The number of fused-ring (bicyclic) bond motifs is 1. The average Bonchev–Trinajstić information content (AvgIpc) is 3.06. The van der Waals surface area contributed by atoms with E-state index in [1.807, 2.05) is 87.5 Å². The fourth-order valence-corrected chi connectivity index (χ4v) is 5.21. The molecule has 232 valence electrons. The molecule has 44 heavy (non-hydrogen) atoms. The van der Waals surface area contributed by atoms with Gasteiger partial charge in [-0.3, -0.25) is 4.79 Å². The van der Waals surface area contributed by atoms with E-state index in [0.717, 1.165) is 59.1 Å². The van der Waals surface area contributed by atoms with Gasteiger partial charge in [-0.1, -0.05) is 101 Å². The Bertz CT molecular complexity index is 1490. The van der Waals surface area contributed by atoms with Gasteiger partial charge in [-0.25, -0.2) is 4.79 Å². The summed E-state index contributed by atoms with van der Waals surface area (Å²) in [5, 5.41) is 1.89. The summed E-state index contributed by atoms with van der Waals surface area (Å²) >= 11 is 0. The maximum Gasteiger partial charge on any atom is 0.343 e. The predicted molar refractivity (Wildman–Crippen MR) is 179 cm³/mol. The van der Waals surface area contributed by atoms with Crippen LogP contribution in [-0.2, 0) is 9.53 Å². The Morgan fingerprint density at radius 2 is 1.25 bits per heavy atom. The van der Waals surface area contributed by atoms with Crippen LogP contribution in [0.4, 0.5) is 0 Å². The molecule has 1 atom stereocenters. The summed E-state index contributed by atoms with van der Waals surface area (Å²) in [6.07, 6.45) is 9.03. The van der Waals surface area contributed by atoms with Crippen molar-refractivity contribution in [1.29, 1.82) is 0 Å². The summed E-state index contributed by atoms with van der Waals surface area (Å²) in [4.78, 5) is 25.5. The van der Waals surface area contributed by atoms with Gasteiger partial charge in [0, 0.05) is 0 Å². The van der Waals surface area contributed by atoms with Crippen LogP contribution in [0.15, 0.2) is 84.9 Å². The Kier molecular flexibility index (Phi) is 12.4. The Morgan fingerprint density at radius 3 is 1.93 bits per heavy atom. The molecule has 0 spiro atoms. The number of hydrogen-bond donors (Lipinski definition) is 0. The van der Waals surface area contributed by atoms with E-state index in [4.69, 9.17) is 14.2 Å². The van der Waals surface area contributed by atoms with Crippen molar-refractivity contribution in [3.63, 3.8) is 0 Å². The highest BCUT2D eigenvalue weighted by molar-refractivity contribution is 5.93. The molecule has 0 aromatic heterocycles. The van der Waals surface area contributed by atoms with E-state index in [1.54, 1.807) is 18.2 Å². The van der Waals surface area contributed by atoms with Gasteiger partial charge >= 0.3 is 11.9 Å². The normalized spacial score (nSPS) is 11.8. The van der Waals surface area contributed by atoms with Crippen molar-refractivity contribution in [3.8, 4) is 22.6 Å². The minimum absolute atomic E-state index is 0.0510. The molecule has 0 N–H and O–H groups in total. The second kappa shape index (κ2) is 16.7. The SMILES string of the molecule is CCCCCCCCOc1ccc(-c2ccc(C(=O)Oc3ccc4cc([C@H](C)C(=O)OC(CC)CC)ccc4c3)cc2)cc1. The molecule has 4 aromatic rings. The van der Waals surface area contributed by atoms with Crippen LogP contribution >= 0.6 is 0 Å². The van der Waals surface area contributed by atoms with Gasteiger partial charge in [-0.05, 0) is 90.0 Å². The first-order valence-electron chi connectivity index (χ1n) is 16.2. The van der Waals surface area contributed by atoms with Crippen LogP contribution in [-0.4, -0.2) is 24.6 Å². The molecule has 0 saturated carbocycles. The van der Waals surface area contributed by atoms with Crippen LogP contribution in [0.1, 0.15) is 101 Å². The number of hydrogen-bond acceptors (Lipinski definition) is 5. The van der Waals surface area contributed by atoms with Crippen molar-refractivity contribution in [3.05, 3.63) is 96.1 Å². The molecule has 0 bridgehead atoms. The first-order valence-corrected chi connectivity index (χ1v) is 16.2. The first-order chi connectivity index (χ1) is 21.4. The maximum atomic E-state index is 12.9. The lowest BCUT2D eigenvalue weighted by Crippen LogP contribution is -2.20. The molecule has 4 aromatic carbocycles. The van der Waals surface area contributed by atoms with Gasteiger partial charge in [-0.15, -0.1) is 0 Å².